The molecule has 1 saturated heterocycles. The molecule has 1 atom stereocenters. The number of ether oxygens (including phenoxy) is 2. The SMILES string of the molecule is COc1cnc2cccc(C(O)CN3CCC(NC(=O)Oc4ccc5c(n4)NC(=O)CS5)CC3)c2c1. The fourth-order valence-electron chi connectivity index (χ4n) is 4.45. The van der Waals surface area contributed by atoms with Crippen LogP contribution in [0.15, 0.2) is 47.5 Å². The predicted molar refractivity (Wildman–Crippen MR) is 135 cm³/mol. The zero-order chi connectivity index (χ0) is 25.1. The Morgan fingerprint density at radius 1 is 1.31 bits per heavy atom. The third kappa shape index (κ3) is 5.53. The van der Waals surface area contributed by atoms with Crippen LogP contribution in [0, 0.1) is 0 Å². The molecule has 0 bridgehead atoms. The van der Waals surface area contributed by atoms with Crippen molar-refractivity contribution in [1.29, 1.82) is 0 Å². The summed E-state index contributed by atoms with van der Waals surface area (Å²) in [5, 5.41) is 17.4. The lowest BCUT2D eigenvalue weighted by atomic mass is 10.0. The van der Waals surface area contributed by atoms with E-state index in [0.29, 0.717) is 23.9 Å². The lowest BCUT2D eigenvalue weighted by Gasteiger charge is -2.33. The number of pyridine rings is 2. The van der Waals surface area contributed by atoms with Gasteiger partial charge in [0.25, 0.3) is 0 Å². The Hall–Kier alpha value is -3.41. The number of anilines is 1. The molecule has 2 amide bonds. The summed E-state index contributed by atoms with van der Waals surface area (Å²) in [6, 6.07) is 11.0. The number of aliphatic hydroxyl groups excluding tert-OH is 1. The molecule has 2 aliphatic heterocycles. The first-order chi connectivity index (χ1) is 17.5. The van der Waals surface area contributed by atoms with Gasteiger partial charge in [-0.05, 0) is 36.6 Å². The number of thioether (sulfide) groups is 1. The number of β-amino-alcohol motifs (C(OH)–C–C–N with tert-alkyl or cyclic N) is 1. The highest BCUT2D eigenvalue weighted by Gasteiger charge is 2.25. The molecule has 1 aromatic carbocycles. The lowest BCUT2D eigenvalue weighted by Crippen LogP contribution is -2.46. The van der Waals surface area contributed by atoms with Crippen molar-refractivity contribution in [2.75, 3.05) is 37.8 Å². The number of carbonyl (C=O) groups excluding carboxylic acids is 2. The Bertz CT molecular complexity index is 1280. The third-order valence-corrected chi connectivity index (χ3v) is 7.36. The van der Waals surface area contributed by atoms with Crippen molar-refractivity contribution in [3.63, 3.8) is 0 Å². The van der Waals surface area contributed by atoms with Crippen LogP contribution in [0.2, 0.25) is 0 Å². The van der Waals surface area contributed by atoms with Crippen LogP contribution in [-0.4, -0.2) is 70.5 Å². The van der Waals surface area contributed by atoms with E-state index in [4.69, 9.17) is 9.47 Å². The van der Waals surface area contributed by atoms with Gasteiger partial charge in [-0.3, -0.25) is 9.78 Å². The number of nitrogens with one attached hydrogen (secondary N) is 2. The number of rotatable bonds is 6. The first-order valence-corrected chi connectivity index (χ1v) is 12.7. The van der Waals surface area contributed by atoms with Gasteiger partial charge < -0.3 is 30.1 Å². The topological polar surface area (TPSA) is 126 Å². The molecule has 188 valence electrons. The molecule has 0 spiro atoms. The van der Waals surface area contributed by atoms with E-state index >= 15 is 0 Å². The smallest absolute Gasteiger partial charge is 0.414 e. The van der Waals surface area contributed by atoms with Gasteiger partial charge in [0.2, 0.25) is 11.8 Å². The summed E-state index contributed by atoms with van der Waals surface area (Å²) in [5.41, 5.74) is 1.62. The van der Waals surface area contributed by atoms with Gasteiger partial charge in [0.15, 0.2) is 0 Å². The number of methoxy groups -OCH3 is 1. The number of benzene rings is 1. The van der Waals surface area contributed by atoms with E-state index in [2.05, 4.69) is 25.5 Å². The molecular weight excluding hydrogens is 482 g/mol. The Morgan fingerprint density at radius 2 is 2.14 bits per heavy atom. The van der Waals surface area contributed by atoms with Gasteiger partial charge in [-0.25, -0.2) is 4.79 Å². The Kier molecular flexibility index (Phi) is 7.21. The number of hydrogen-bond donors (Lipinski definition) is 3. The zero-order valence-corrected chi connectivity index (χ0v) is 20.6. The Balaban J connectivity index is 1.13. The minimum Gasteiger partial charge on any atom is -0.495 e. The highest BCUT2D eigenvalue weighted by molar-refractivity contribution is 8.00. The maximum Gasteiger partial charge on any atom is 0.414 e. The van der Waals surface area contributed by atoms with E-state index < -0.39 is 12.2 Å². The molecule has 5 rings (SSSR count). The zero-order valence-electron chi connectivity index (χ0n) is 19.8. The number of fused-ring (bicyclic) bond motifs is 2. The van der Waals surface area contributed by atoms with Crippen LogP contribution in [0.4, 0.5) is 10.6 Å². The van der Waals surface area contributed by atoms with Crippen LogP contribution >= 0.6 is 11.8 Å². The van der Waals surface area contributed by atoms with Crippen molar-refractivity contribution in [3.8, 4) is 11.6 Å². The van der Waals surface area contributed by atoms with Crippen LogP contribution in [-0.2, 0) is 4.79 Å². The van der Waals surface area contributed by atoms with Crippen molar-refractivity contribution in [3.05, 3.63) is 48.2 Å². The Morgan fingerprint density at radius 3 is 2.94 bits per heavy atom. The summed E-state index contributed by atoms with van der Waals surface area (Å²) in [5.74, 6) is 1.41. The van der Waals surface area contributed by atoms with Gasteiger partial charge in [0, 0.05) is 37.1 Å². The first kappa shape index (κ1) is 24.3. The lowest BCUT2D eigenvalue weighted by molar-refractivity contribution is -0.113. The van der Waals surface area contributed by atoms with Crippen molar-refractivity contribution >= 4 is 40.5 Å². The molecule has 3 N–H and O–H groups in total. The predicted octanol–water partition coefficient (Wildman–Crippen LogP) is 2.97. The van der Waals surface area contributed by atoms with E-state index in [1.807, 2.05) is 24.3 Å². The summed E-state index contributed by atoms with van der Waals surface area (Å²) in [6.45, 7) is 1.94. The molecule has 4 heterocycles. The maximum absolute atomic E-state index is 12.4. The number of aromatic nitrogens is 2. The van der Waals surface area contributed by atoms with Gasteiger partial charge in [-0.2, -0.15) is 4.98 Å². The van der Waals surface area contributed by atoms with Crippen molar-refractivity contribution < 1.29 is 24.2 Å². The summed E-state index contributed by atoms with van der Waals surface area (Å²) in [7, 11) is 1.60. The fraction of sp³-hybridized carbons (Fsp3) is 0.360. The molecule has 0 saturated carbocycles. The van der Waals surface area contributed by atoms with Crippen LogP contribution in [0.3, 0.4) is 0 Å². The highest BCUT2D eigenvalue weighted by Crippen LogP contribution is 2.31. The van der Waals surface area contributed by atoms with Crippen LogP contribution in [0.25, 0.3) is 10.9 Å². The van der Waals surface area contributed by atoms with Gasteiger partial charge >= 0.3 is 6.09 Å². The monoisotopic (exact) mass is 509 g/mol. The second-order valence-electron chi connectivity index (χ2n) is 8.75. The molecule has 36 heavy (non-hydrogen) atoms. The average molecular weight is 510 g/mol. The summed E-state index contributed by atoms with van der Waals surface area (Å²) in [6.07, 6.45) is 1.88. The van der Waals surface area contributed by atoms with E-state index in [0.717, 1.165) is 47.3 Å². The van der Waals surface area contributed by atoms with Crippen molar-refractivity contribution in [2.24, 2.45) is 0 Å². The number of nitrogens with zero attached hydrogens (tertiary/aromatic N) is 3. The largest absolute Gasteiger partial charge is 0.495 e. The molecular formula is C25H27N5O5S. The summed E-state index contributed by atoms with van der Waals surface area (Å²) < 4.78 is 10.6. The standard InChI is InChI=1S/C25H27N5O5S/c1-34-16-11-18-17(3-2-4-19(18)26-12-16)20(31)13-30-9-7-15(8-10-30)27-25(33)35-23-6-5-21-24(29-23)28-22(32)14-36-21/h2-6,11-12,15,20,31H,7-10,13-14H2,1H3,(H,27,33)(H,28,29,32). The van der Waals surface area contributed by atoms with Crippen molar-refractivity contribution in [1.82, 2.24) is 20.2 Å². The minimum atomic E-state index is -0.675. The van der Waals surface area contributed by atoms with Crippen molar-refractivity contribution in [2.45, 2.75) is 29.9 Å². The maximum atomic E-state index is 12.4. The summed E-state index contributed by atoms with van der Waals surface area (Å²) >= 11 is 1.40. The fourth-order valence-corrected chi connectivity index (χ4v) is 5.21. The molecule has 1 fully saturated rings. The van der Waals surface area contributed by atoms with Gasteiger partial charge in [0.1, 0.15) is 11.6 Å². The molecule has 0 aliphatic carbocycles. The molecule has 0 radical (unpaired) electrons. The first-order valence-electron chi connectivity index (χ1n) is 11.7. The molecule has 3 aromatic rings. The Labute approximate surface area is 212 Å². The van der Waals surface area contributed by atoms with E-state index in [9.17, 15) is 14.7 Å². The second-order valence-corrected chi connectivity index (χ2v) is 9.76. The number of hydrogen-bond acceptors (Lipinski definition) is 9. The molecule has 10 nitrogen and oxygen atoms in total. The quantitative estimate of drug-likeness (QED) is 0.460. The van der Waals surface area contributed by atoms with E-state index in [-0.39, 0.29) is 17.8 Å². The highest BCUT2D eigenvalue weighted by atomic mass is 32.2. The van der Waals surface area contributed by atoms with Gasteiger partial charge in [-0.15, -0.1) is 11.8 Å². The van der Waals surface area contributed by atoms with Crippen LogP contribution < -0.4 is 20.1 Å². The molecule has 1 unspecified atom stereocenters. The third-order valence-electron chi connectivity index (χ3n) is 6.32. The van der Waals surface area contributed by atoms with E-state index in [1.165, 1.54) is 11.8 Å². The molecule has 11 heteroatoms. The average Bonchev–Trinajstić information content (AvgIpc) is 2.88. The molecule has 2 aromatic heterocycles. The van der Waals surface area contributed by atoms with Crippen LogP contribution in [0.5, 0.6) is 11.6 Å². The number of likely N-dealkylation sites (tertiary alicyclic amines) is 1. The second kappa shape index (κ2) is 10.7. The molecule has 2 aliphatic rings. The van der Waals surface area contributed by atoms with Gasteiger partial charge in [-0.1, -0.05) is 12.1 Å². The minimum absolute atomic E-state index is 0.0372. The number of carbonyl (C=O) groups is 2. The number of aliphatic hydroxyl groups is 1. The normalized spacial score (nSPS) is 17.2. The van der Waals surface area contributed by atoms with E-state index in [1.54, 1.807) is 25.4 Å². The summed E-state index contributed by atoms with van der Waals surface area (Å²) in [4.78, 5) is 35.6. The number of amides is 2. The number of piperidine rings is 1. The van der Waals surface area contributed by atoms with Gasteiger partial charge in [0.05, 0.1) is 35.6 Å². The van der Waals surface area contributed by atoms with Crippen LogP contribution in [0.1, 0.15) is 24.5 Å².